The van der Waals surface area contributed by atoms with Gasteiger partial charge in [-0.05, 0) is 62.4 Å². The van der Waals surface area contributed by atoms with Crippen molar-refractivity contribution in [2.75, 3.05) is 12.4 Å². The molecule has 0 aliphatic carbocycles. The number of carbonyl (C=O) groups excluding carboxylic acids is 2. The Morgan fingerprint density at radius 1 is 0.944 bits per heavy atom. The van der Waals surface area contributed by atoms with Crippen LogP contribution in [0.5, 0.6) is 11.5 Å². The second kappa shape index (κ2) is 11.5. The number of ether oxygens (including phenoxy) is 2. The molecule has 1 heterocycles. The molecule has 1 N–H and O–H groups in total. The van der Waals surface area contributed by atoms with Crippen molar-refractivity contribution in [2.45, 2.75) is 30.9 Å². The number of carbonyl (C=O) groups is 2. The minimum absolute atomic E-state index is 0.0254. The predicted molar refractivity (Wildman–Crippen MR) is 139 cm³/mol. The van der Waals surface area contributed by atoms with Crippen molar-refractivity contribution in [1.82, 2.24) is 14.8 Å². The van der Waals surface area contributed by atoms with E-state index in [1.165, 1.54) is 18.7 Å². The first kappa shape index (κ1) is 25.0. The molecule has 4 aromatic rings. The van der Waals surface area contributed by atoms with Gasteiger partial charge in [0.25, 0.3) is 0 Å². The monoisotopic (exact) mass is 502 g/mol. The van der Waals surface area contributed by atoms with Crippen LogP contribution in [0.3, 0.4) is 0 Å². The molecular formula is C27H26N4O4S. The highest BCUT2D eigenvalue weighted by atomic mass is 32.2. The lowest BCUT2D eigenvalue weighted by atomic mass is 10.1. The first-order valence-corrected chi connectivity index (χ1v) is 12.2. The first-order valence-electron chi connectivity index (χ1n) is 11.3. The van der Waals surface area contributed by atoms with Gasteiger partial charge in [-0.2, -0.15) is 0 Å². The van der Waals surface area contributed by atoms with Gasteiger partial charge < -0.3 is 14.8 Å². The summed E-state index contributed by atoms with van der Waals surface area (Å²) in [7, 11) is 1.59. The fourth-order valence-electron chi connectivity index (χ4n) is 3.43. The van der Waals surface area contributed by atoms with E-state index >= 15 is 0 Å². The van der Waals surface area contributed by atoms with Gasteiger partial charge in [-0.15, -0.1) is 10.2 Å². The maximum absolute atomic E-state index is 12.9. The Balaban J connectivity index is 1.52. The second-order valence-corrected chi connectivity index (χ2v) is 9.20. The van der Waals surface area contributed by atoms with Gasteiger partial charge in [0.15, 0.2) is 28.3 Å². The number of anilines is 1. The fourth-order valence-corrected chi connectivity index (χ4v) is 4.32. The first-order chi connectivity index (χ1) is 17.5. The third kappa shape index (κ3) is 5.92. The number of nitrogens with zero attached hydrogens (tertiary/aromatic N) is 3. The molecule has 0 unspecified atom stereocenters. The zero-order chi connectivity index (χ0) is 25.5. The smallest absolute Gasteiger partial charge is 0.237 e. The summed E-state index contributed by atoms with van der Waals surface area (Å²) in [4.78, 5) is 24.4. The lowest BCUT2D eigenvalue weighted by molar-refractivity contribution is -0.115. The maximum atomic E-state index is 12.9. The summed E-state index contributed by atoms with van der Waals surface area (Å²) in [6, 6.07) is 23.9. The molecular weight excluding hydrogens is 476 g/mol. The number of hydrogen-bond acceptors (Lipinski definition) is 7. The molecule has 184 valence electrons. The fraction of sp³-hybridized carbons (Fsp3) is 0.185. The predicted octanol–water partition coefficient (Wildman–Crippen LogP) is 5.18. The lowest BCUT2D eigenvalue weighted by Crippen LogP contribution is -2.23. The minimum atomic E-state index is -0.466. The van der Waals surface area contributed by atoms with Crippen LogP contribution in [0.15, 0.2) is 84.0 Å². The standard InChI is InChI=1S/C27H26N4O4S/c1-18(32)20-13-15-21(16-14-20)28-26(33)19(2)36-27-30-29-25(31(27)22-9-5-4-6-10-22)17-35-24-12-8-7-11-23(24)34-3/h4-16,19H,17H2,1-3H3,(H,28,33)/t19-/m1/s1. The molecule has 36 heavy (non-hydrogen) atoms. The number of benzene rings is 3. The highest BCUT2D eigenvalue weighted by Crippen LogP contribution is 2.29. The van der Waals surface area contributed by atoms with Gasteiger partial charge in [-0.3, -0.25) is 14.2 Å². The zero-order valence-electron chi connectivity index (χ0n) is 20.2. The van der Waals surface area contributed by atoms with E-state index in [1.54, 1.807) is 38.3 Å². The van der Waals surface area contributed by atoms with E-state index < -0.39 is 5.25 Å². The van der Waals surface area contributed by atoms with Gasteiger partial charge in [0, 0.05) is 16.9 Å². The number of thioether (sulfide) groups is 1. The third-order valence-corrected chi connectivity index (χ3v) is 6.39. The van der Waals surface area contributed by atoms with E-state index in [4.69, 9.17) is 9.47 Å². The zero-order valence-corrected chi connectivity index (χ0v) is 21.0. The van der Waals surface area contributed by atoms with E-state index in [1.807, 2.05) is 59.2 Å². The Morgan fingerprint density at radius 3 is 2.28 bits per heavy atom. The number of hydrogen-bond donors (Lipinski definition) is 1. The molecule has 0 bridgehead atoms. The number of para-hydroxylation sites is 3. The van der Waals surface area contributed by atoms with Gasteiger partial charge in [-0.25, -0.2) is 0 Å². The van der Waals surface area contributed by atoms with Crippen LogP contribution < -0.4 is 14.8 Å². The number of rotatable bonds is 10. The molecule has 1 amide bonds. The van der Waals surface area contributed by atoms with Crippen molar-refractivity contribution in [2.24, 2.45) is 0 Å². The van der Waals surface area contributed by atoms with E-state index in [2.05, 4.69) is 15.5 Å². The molecule has 0 fully saturated rings. The van der Waals surface area contributed by atoms with Crippen LogP contribution in [0.4, 0.5) is 5.69 Å². The van der Waals surface area contributed by atoms with Crippen LogP contribution in [0.2, 0.25) is 0 Å². The molecule has 1 atom stereocenters. The van der Waals surface area contributed by atoms with E-state index in [0.29, 0.717) is 33.7 Å². The molecule has 0 saturated carbocycles. The highest BCUT2D eigenvalue weighted by Gasteiger charge is 2.22. The van der Waals surface area contributed by atoms with Crippen LogP contribution >= 0.6 is 11.8 Å². The normalized spacial score (nSPS) is 11.5. The molecule has 4 rings (SSSR count). The van der Waals surface area contributed by atoms with E-state index in [-0.39, 0.29) is 18.3 Å². The average Bonchev–Trinajstić information content (AvgIpc) is 3.30. The van der Waals surface area contributed by atoms with Crippen LogP contribution in [-0.4, -0.2) is 38.8 Å². The molecule has 1 aromatic heterocycles. The maximum Gasteiger partial charge on any atom is 0.237 e. The number of nitrogens with one attached hydrogen (secondary N) is 1. The SMILES string of the molecule is COc1ccccc1OCc1nnc(S[C@H](C)C(=O)Nc2ccc(C(C)=O)cc2)n1-c1ccccc1. The van der Waals surface area contributed by atoms with Crippen LogP contribution in [-0.2, 0) is 11.4 Å². The number of ketones is 1. The molecule has 0 radical (unpaired) electrons. The van der Waals surface area contributed by atoms with Crippen LogP contribution in [0.25, 0.3) is 5.69 Å². The van der Waals surface area contributed by atoms with Crippen LogP contribution in [0.1, 0.15) is 30.0 Å². The van der Waals surface area contributed by atoms with Gasteiger partial charge >= 0.3 is 0 Å². The van der Waals surface area contributed by atoms with Crippen molar-refractivity contribution in [3.05, 3.63) is 90.3 Å². The second-order valence-electron chi connectivity index (χ2n) is 7.89. The minimum Gasteiger partial charge on any atom is -0.493 e. The molecule has 8 nitrogen and oxygen atoms in total. The van der Waals surface area contributed by atoms with Crippen molar-refractivity contribution >= 4 is 29.1 Å². The molecule has 0 spiro atoms. The molecule has 0 saturated heterocycles. The molecule has 0 aliphatic rings. The number of amides is 1. The Labute approximate surface area is 213 Å². The Hall–Kier alpha value is -4.11. The topological polar surface area (TPSA) is 95.3 Å². The van der Waals surface area contributed by atoms with Crippen molar-refractivity contribution in [1.29, 1.82) is 0 Å². The van der Waals surface area contributed by atoms with Crippen molar-refractivity contribution in [3.63, 3.8) is 0 Å². The quantitative estimate of drug-likeness (QED) is 0.236. The lowest BCUT2D eigenvalue weighted by Gasteiger charge is -2.15. The summed E-state index contributed by atoms with van der Waals surface area (Å²) in [5.41, 5.74) is 2.07. The van der Waals surface area contributed by atoms with Crippen molar-refractivity contribution in [3.8, 4) is 17.2 Å². The van der Waals surface area contributed by atoms with E-state index in [0.717, 1.165) is 5.69 Å². The summed E-state index contributed by atoms with van der Waals surface area (Å²) in [5, 5.41) is 11.7. The third-order valence-electron chi connectivity index (χ3n) is 5.35. The summed E-state index contributed by atoms with van der Waals surface area (Å²) < 4.78 is 13.2. The van der Waals surface area contributed by atoms with Crippen molar-refractivity contribution < 1.29 is 19.1 Å². The number of methoxy groups -OCH3 is 1. The highest BCUT2D eigenvalue weighted by molar-refractivity contribution is 8.00. The molecule has 3 aromatic carbocycles. The van der Waals surface area contributed by atoms with Crippen LogP contribution in [0, 0.1) is 0 Å². The Morgan fingerprint density at radius 2 is 1.61 bits per heavy atom. The molecule has 0 aliphatic heterocycles. The van der Waals surface area contributed by atoms with Gasteiger partial charge in [-0.1, -0.05) is 42.1 Å². The van der Waals surface area contributed by atoms with Gasteiger partial charge in [0.1, 0.15) is 6.61 Å². The number of Topliss-reactive ketones (excluding diaryl/α,β-unsaturated/α-hetero) is 1. The van der Waals surface area contributed by atoms with Gasteiger partial charge in [0.2, 0.25) is 5.91 Å². The number of aromatic nitrogens is 3. The van der Waals surface area contributed by atoms with Gasteiger partial charge in [0.05, 0.1) is 12.4 Å². The summed E-state index contributed by atoms with van der Waals surface area (Å²) in [5.74, 6) is 1.59. The Kier molecular flexibility index (Phi) is 8.02. The summed E-state index contributed by atoms with van der Waals surface area (Å²) in [6.45, 7) is 3.47. The summed E-state index contributed by atoms with van der Waals surface area (Å²) in [6.07, 6.45) is 0. The largest absolute Gasteiger partial charge is 0.493 e. The van der Waals surface area contributed by atoms with E-state index in [9.17, 15) is 9.59 Å². The summed E-state index contributed by atoms with van der Waals surface area (Å²) >= 11 is 1.29. The average molecular weight is 503 g/mol. The molecule has 9 heteroatoms. The Bertz CT molecular complexity index is 1340.